The predicted octanol–water partition coefficient (Wildman–Crippen LogP) is 1.69. The molecule has 1 aliphatic rings. The van der Waals surface area contributed by atoms with Crippen LogP contribution in [0.5, 0.6) is 0 Å². The molecule has 17 heavy (non-hydrogen) atoms. The number of nitrogens with one attached hydrogen (secondary N) is 2. The van der Waals surface area contributed by atoms with Crippen molar-refractivity contribution in [2.24, 2.45) is 0 Å². The minimum Gasteiger partial charge on any atom is -0.462 e. The van der Waals surface area contributed by atoms with E-state index in [-0.39, 0.29) is 5.60 Å². The number of carbonyl (C=O) groups is 1. The van der Waals surface area contributed by atoms with Crippen LogP contribution in [-0.2, 0) is 9.53 Å². The quantitative estimate of drug-likeness (QED) is 0.742. The highest BCUT2D eigenvalue weighted by molar-refractivity contribution is 5.37. The first-order valence-corrected chi connectivity index (χ1v) is 6.43. The Labute approximate surface area is 105 Å². The van der Waals surface area contributed by atoms with Gasteiger partial charge >= 0.3 is 0 Å². The highest BCUT2D eigenvalue weighted by atomic mass is 16.5. The summed E-state index contributed by atoms with van der Waals surface area (Å²) in [6, 6.07) is 1.35. The van der Waals surface area contributed by atoms with E-state index < -0.39 is 0 Å². The average molecular weight is 244 g/mol. The van der Waals surface area contributed by atoms with Crippen molar-refractivity contribution in [1.82, 2.24) is 10.6 Å². The Balaban J connectivity index is 0.000000325. The molecule has 0 saturated carbocycles. The van der Waals surface area contributed by atoms with Crippen molar-refractivity contribution >= 4 is 6.47 Å². The van der Waals surface area contributed by atoms with Crippen LogP contribution < -0.4 is 10.6 Å². The lowest BCUT2D eigenvalue weighted by Crippen LogP contribution is -2.45. The van der Waals surface area contributed by atoms with Crippen molar-refractivity contribution in [2.45, 2.75) is 65.1 Å². The van der Waals surface area contributed by atoms with Crippen LogP contribution in [0.1, 0.15) is 47.5 Å². The van der Waals surface area contributed by atoms with Crippen LogP contribution in [0.2, 0.25) is 0 Å². The molecule has 0 bridgehead atoms. The number of rotatable bonds is 3. The van der Waals surface area contributed by atoms with E-state index in [1.807, 2.05) is 20.8 Å². The zero-order chi connectivity index (χ0) is 13.3. The smallest absolute Gasteiger partial charge is 0.293 e. The molecule has 4 nitrogen and oxygen atoms in total. The minimum atomic E-state index is -0.318. The fraction of sp³-hybridized carbons (Fsp3) is 0.923. The summed E-state index contributed by atoms with van der Waals surface area (Å²) in [5.41, 5.74) is -0.318. The zero-order valence-electron chi connectivity index (χ0n) is 11.9. The second kappa shape index (κ2) is 8.48. The van der Waals surface area contributed by atoms with Gasteiger partial charge in [0.15, 0.2) is 0 Å². The van der Waals surface area contributed by atoms with Gasteiger partial charge in [-0.1, -0.05) is 13.8 Å². The van der Waals surface area contributed by atoms with Crippen LogP contribution in [0.25, 0.3) is 0 Å². The Morgan fingerprint density at radius 1 is 1.41 bits per heavy atom. The highest BCUT2D eigenvalue weighted by Crippen LogP contribution is 2.02. The molecule has 2 N–H and O–H groups in total. The lowest BCUT2D eigenvalue weighted by Gasteiger charge is -2.25. The Morgan fingerprint density at radius 3 is 2.35 bits per heavy atom. The molecule has 0 amide bonds. The van der Waals surface area contributed by atoms with Crippen molar-refractivity contribution in [2.75, 3.05) is 13.1 Å². The molecule has 1 fully saturated rings. The van der Waals surface area contributed by atoms with E-state index in [1.54, 1.807) is 0 Å². The van der Waals surface area contributed by atoms with Crippen molar-refractivity contribution in [3.05, 3.63) is 0 Å². The summed E-state index contributed by atoms with van der Waals surface area (Å²) in [7, 11) is 0. The van der Waals surface area contributed by atoms with Gasteiger partial charge < -0.3 is 15.4 Å². The molecule has 0 spiro atoms. The topological polar surface area (TPSA) is 50.4 Å². The Morgan fingerprint density at radius 2 is 2.06 bits per heavy atom. The van der Waals surface area contributed by atoms with Gasteiger partial charge in [0.1, 0.15) is 5.60 Å². The van der Waals surface area contributed by atoms with E-state index in [4.69, 9.17) is 0 Å². The molecule has 0 radical (unpaired) electrons. The molecule has 4 heteroatoms. The minimum absolute atomic E-state index is 0.318. The normalized spacial score (nSPS) is 20.5. The Hall–Kier alpha value is -0.610. The summed E-state index contributed by atoms with van der Waals surface area (Å²) in [5.74, 6) is 0. The maximum Gasteiger partial charge on any atom is 0.293 e. The summed E-state index contributed by atoms with van der Waals surface area (Å²) in [5, 5.41) is 6.90. The molecular weight excluding hydrogens is 216 g/mol. The summed E-state index contributed by atoms with van der Waals surface area (Å²) in [6.07, 6.45) is 2.66. The van der Waals surface area contributed by atoms with E-state index >= 15 is 0 Å². The van der Waals surface area contributed by atoms with Crippen LogP contribution in [0.4, 0.5) is 0 Å². The SMILES string of the molecule is CC(C)(C)OC=O.CC(C)N[C@@H]1CCCNC1. The maximum atomic E-state index is 9.60. The van der Waals surface area contributed by atoms with Crippen LogP contribution in [0, 0.1) is 0 Å². The van der Waals surface area contributed by atoms with Crippen molar-refractivity contribution in [3.63, 3.8) is 0 Å². The predicted molar refractivity (Wildman–Crippen MR) is 71.1 cm³/mol. The highest BCUT2D eigenvalue weighted by Gasteiger charge is 2.12. The van der Waals surface area contributed by atoms with Crippen molar-refractivity contribution in [3.8, 4) is 0 Å². The fourth-order valence-corrected chi connectivity index (χ4v) is 1.61. The van der Waals surface area contributed by atoms with Crippen molar-refractivity contribution < 1.29 is 9.53 Å². The van der Waals surface area contributed by atoms with Gasteiger partial charge in [0, 0.05) is 18.6 Å². The van der Waals surface area contributed by atoms with Gasteiger partial charge in [-0.05, 0) is 40.2 Å². The second-order valence-corrected chi connectivity index (χ2v) is 5.69. The monoisotopic (exact) mass is 244 g/mol. The molecular formula is C13H28N2O2. The van der Waals surface area contributed by atoms with E-state index in [2.05, 4.69) is 29.2 Å². The van der Waals surface area contributed by atoms with Crippen LogP contribution in [0.3, 0.4) is 0 Å². The summed E-state index contributed by atoms with van der Waals surface area (Å²) in [6.45, 7) is 12.7. The number of piperidine rings is 1. The van der Waals surface area contributed by atoms with Gasteiger partial charge in [-0.15, -0.1) is 0 Å². The third-order valence-corrected chi connectivity index (χ3v) is 2.27. The van der Waals surface area contributed by atoms with Gasteiger partial charge in [0.05, 0.1) is 0 Å². The molecule has 0 unspecified atom stereocenters. The summed E-state index contributed by atoms with van der Waals surface area (Å²) >= 11 is 0. The third-order valence-electron chi connectivity index (χ3n) is 2.27. The molecule has 0 aromatic carbocycles. The first kappa shape index (κ1) is 16.4. The maximum absolute atomic E-state index is 9.60. The second-order valence-electron chi connectivity index (χ2n) is 5.69. The van der Waals surface area contributed by atoms with E-state index in [0.29, 0.717) is 18.6 Å². The summed E-state index contributed by atoms with van der Waals surface area (Å²) in [4.78, 5) is 9.60. The fourth-order valence-electron chi connectivity index (χ4n) is 1.61. The van der Waals surface area contributed by atoms with Crippen molar-refractivity contribution in [1.29, 1.82) is 0 Å². The molecule has 0 aromatic heterocycles. The molecule has 1 heterocycles. The van der Waals surface area contributed by atoms with E-state index in [9.17, 15) is 4.79 Å². The standard InChI is InChI=1S/C8H18N2.C5H10O2/c1-7(2)10-8-4-3-5-9-6-8;1-5(2,3)7-4-6/h7-10H,3-6H2,1-2H3;4H,1-3H3/t8-;/m1./s1. The zero-order valence-corrected chi connectivity index (χ0v) is 11.9. The lowest BCUT2D eigenvalue weighted by molar-refractivity contribution is -0.138. The first-order chi connectivity index (χ1) is 7.85. The molecule has 1 saturated heterocycles. The molecule has 1 rings (SSSR count). The van der Waals surface area contributed by atoms with Crippen LogP contribution >= 0.6 is 0 Å². The van der Waals surface area contributed by atoms with Crippen LogP contribution in [0.15, 0.2) is 0 Å². The van der Waals surface area contributed by atoms with Gasteiger partial charge in [-0.2, -0.15) is 0 Å². The molecule has 0 aliphatic carbocycles. The number of hydrogen-bond donors (Lipinski definition) is 2. The largest absolute Gasteiger partial charge is 0.462 e. The third kappa shape index (κ3) is 11.6. The van der Waals surface area contributed by atoms with E-state index in [0.717, 1.165) is 6.54 Å². The number of carbonyl (C=O) groups excluding carboxylic acids is 1. The average Bonchev–Trinajstić information content (AvgIpc) is 2.17. The van der Waals surface area contributed by atoms with E-state index in [1.165, 1.54) is 19.4 Å². The first-order valence-electron chi connectivity index (χ1n) is 6.43. The summed E-state index contributed by atoms with van der Waals surface area (Å²) < 4.78 is 4.55. The van der Waals surface area contributed by atoms with Gasteiger partial charge in [0.25, 0.3) is 6.47 Å². The Kier molecular flexibility index (Phi) is 8.17. The van der Waals surface area contributed by atoms with Gasteiger partial charge in [0.2, 0.25) is 0 Å². The molecule has 102 valence electrons. The number of hydrogen-bond acceptors (Lipinski definition) is 4. The molecule has 1 aliphatic heterocycles. The van der Waals surface area contributed by atoms with Gasteiger partial charge in [-0.3, -0.25) is 4.79 Å². The number of ether oxygens (including phenoxy) is 1. The molecule has 1 atom stereocenters. The molecule has 0 aromatic rings. The van der Waals surface area contributed by atoms with Crippen LogP contribution in [-0.4, -0.2) is 37.2 Å². The lowest BCUT2D eigenvalue weighted by atomic mass is 10.1. The Bertz CT molecular complexity index is 194. The van der Waals surface area contributed by atoms with Gasteiger partial charge in [-0.25, -0.2) is 0 Å².